The molecule has 0 unspecified atom stereocenters. The van der Waals surface area contributed by atoms with Gasteiger partial charge in [-0.25, -0.2) is 9.97 Å². The summed E-state index contributed by atoms with van der Waals surface area (Å²) in [6, 6.07) is 0. The van der Waals surface area contributed by atoms with Gasteiger partial charge in [-0.05, 0) is 12.5 Å². The molecule has 2 aromatic heterocycles. The lowest BCUT2D eigenvalue weighted by atomic mass is 10.2. The molecule has 0 aliphatic carbocycles. The molecule has 0 saturated heterocycles. The molecule has 2 aromatic rings. The Hall–Kier alpha value is -1.42. The van der Waals surface area contributed by atoms with E-state index >= 15 is 0 Å². The first kappa shape index (κ1) is 8.19. The van der Waals surface area contributed by atoms with Gasteiger partial charge >= 0.3 is 0 Å². The summed E-state index contributed by atoms with van der Waals surface area (Å²) in [5.41, 5.74) is 1.03. The zero-order valence-electron chi connectivity index (χ0n) is 6.84. The van der Waals surface area contributed by atoms with E-state index in [0.717, 1.165) is 5.56 Å². The fraction of sp³-hybridized carbons (Fsp3) is 0.125. The van der Waals surface area contributed by atoms with E-state index in [1.165, 1.54) is 6.33 Å². The lowest BCUT2D eigenvalue weighted by Gasteiger charge is -1.99. The van der Waals surface area contributed by atoms with Gasteiger partial charge in [0, 0.05) is 6.20 Å². The highest BCUT2D eigenvalue weighted by atomic mass is 35.5. The van der Waals surface area contributed by atoms with E-state index in [4.69, 9.17) is 11.6 Å². The van der Waals surface area contributed by atoms with Crippen LogP contribution in [0.2, 0.25) is 5.15 Å². The summed E-state index contributed by atoms with van der Waals surface area (Å²) in [5, 5.41) is 0.759. The molecule has 4 nitrogen and oxygen atoms in total. The van der Waals surface area contributed by atoms with Crippen LogP contribution in [-0.4, -0.2) is 15.0 Å². The molecule has 0 aliphatic rings. The Balaban J connectivity index is 3.09. The highest BCUT2D eigenvalue weighted by Gasteiger charge is 2.06. The highest BCUT2D eigenvalue weighted by molar-refractivity contribution is 6.33. The maximum Gasteiger partial charge on any atom is 0.258 e. The molecule has 1 N–H and O–H groups in total. The topological polar surface area (TPSA) is 58.6 Å². The highest BCUT2D eigenvalue weighted by Crippen LogP contribution is 2.17. The Morgan fingerprint density at radius 1 is 1.46 bits per heavy atom. The summed E-state index contributed by atoms with van der Waals surface area (Å²) >= 11 is 5.77. The third-order valence-corrected chi connectivity index (χ3v) is 2.09. The predicted molar refractivity (Wildman–Crippen MR) is 49.9 cm³/mol. The number of aromatic amines is 1. The Labute approximate surface area is 78.6 Å². The first-order chi connectivity index (χ1) is 6.20. The van der Waals surface area contributed by atoms with E-state index in [9.17, 15) is 4.79 Å². The summed E-state index contributed by atoms with van der Waals surface area (Å²) in [5.74, 6) is 0. The molecule has 2 rings (SSSR count). The average Bonchev–Trinajstić information content (AvgIpc) is 2.12. The number of hydrogen-bond donors (Lipinski definition) is 1. The second kappa shape index (κ2) is 2.81. The van der Waals surface area contributed by atoms with Gasteiger partial charge in [-0.2, -0.15) is 0 Å². The van der Waals surface area contributed by atoms with Crippen LogP contribution in [0.5, 0.6) is 0 Å². The largest absolute Gasteiger partial charge is 0.313 e. The third-order valence-electron chi connectivity index (χ3n) is 1.81. The van der Waals surface area contributed by atoms with E-state index in [0.29, 0.717) is 10.9 Å². The Kier molecular flexibility index (Phi) is 1.77. The van der Waals surface area contributed by atoms with Crippen LogP contribution < -0.4 is 5.56 Å². The van der Waals surface area contributed by atoms with E-state index in [1.54, 1.807) is 13.1 Å². The second-order valence-electron chi connectivity index (χ2n) is 2.69. The molecule has 0 radical (unpaired) electrons. The summed E-state index contributed by atoms with van der Waals surface area (Å²) in [6.07, 6.45) is 2.87. The maximum absolute atomic E-state index is 11.4. The fourth-order valence-electron chi connectivity index (χ4n) is 1.20. The van der Waals surface area contributed by atoms with Crippen LogP contribution in [0.4, 0.5) is 0 Å². The van der Waals surface area contributed by atoms with Crippen molar-refractivity contribution in [1.29, 1.82) is 0 Å². The smallest absolute Gasteiger partial charge is 0.258 e. The van der Waals surface area contributed by atoms with Crippen LogP contribution in [0.15, 0.2) is 17.3 Å². The van der Waals surface area contributed by atoms with Gasteiger partial charge < -0.3 is 4.98 Å². The van der Waals surface area contributed by atoms with Crippen molar-refractivity contribution in [3.05, 3.63) is 33.6 Å². The van der Waals surface area contributed by atoms with Crippen molar-refractivity contribution in [1.82, 2.24) is 15.0 Å². The van der Waals surface area contributed by atoms with Gasteiger partial charge in [0.2, 0.25) is 0 Å². The van der Waals surface area contributed by atoms with Crippen LogP contribution in [-0.2, 0) is 0 Å². The minimum atomic E-state index is -0.188. The first-order valence-electron chi connectivity index (χ1n) is 3.68. The quantitative estimate of drug-likeness (QED) is 0.645. The molecular formula is C8H6ClN3O. The average molecular weight is 196 g/mol. The molecular weight excluding hydrogens is 190 g/mol. The molecule has 0 saturated carbocycles. The number of nitrogens with one attached hydrogen (secondary N) is 1. The summed E-state index contributed by atoms with van der Waals surface area (Å²) in [4.78, 5) is 21.7. The fourth-order valence-corrected chi connectivity index (χ4v) is 1.39. The molecule has 0 amide bonds. The number of aryl methyl sites for hydroxylation is 1. The van der Waals surface area contributed by atoms with Gasteiger partial charge in [0.15, 0.2) is 5.15 Å². The second-order valence-corrected chi connectivity index (χ2v) is 3.05. The van der Waals surface area contributed by atoms with Crippen molar-refractivity contribution >= 4 is 22.5 Å². The van der Waals surface area contributed by atoms with Crippen LogP contribution in [0, 0.1) is 6.92 Å². The summed E-state index contributed by atoms with van der Waals surface area (Å²) < 4.78 is 0. The normalized spacial score (nSPS) is 10.6. The van der Waals surface area contributed by atoms with Crippen molar-refractivity contribution < 1.29 is 0 Å². The molecule has 0 aromatic carbocycles. The van der Waals surface area contributed by atoms with Gasteiger partial charge in [-0.3, -0.25) is 4.79 Å². The number of halogens is 1. The van der Waals surface area contributed by atoms with Crippen molar-refractivity contribution in [3.8, 4) is 0 Å². The van der Waals surface area contributed by atoms with Crippen LogP contribution in [0.3, 0.4) is 0 Å². The van der Waals surface area contributed by atoms with Gasteiger partial charge in [0.05, 0.1) is 11.7 Å². The monoisotopic (exact) mass is 195 g/mol. The van der Waals surface area contributed by atoms with Gasteiger partial charge in [0.25, 0.3) is 5.56 Å². The number of hydrogen-bond acceptors (Lipinski definition) is 3. The number of fused-ring (bicyclic) bond motifs is 1. The lowest BCUT2D eigenvalue weighted by Crippen LogP contribution is -2.08. The van der Waals surface area contributed by atoms with Crippen molar-refractivity contribution in [2.45, 2.75) is 6.92 Å². The van der Waals surface area contributed by atoms with E-state index in [-0.39, 0.29) is 10.7 Å². The van der Waals surface area contributed by atoms with E-state index < -0.39 is 0 Å². The summed E-state index contributed by atoms with van der Waals surface area (Å²) in [6.45, 7) is 1.79. The minimum absolute atomic E-state index is 0.188. The summed E-state index contributed by atoms with van der Waals surface area (Å²) in [7, 11) is 0. The molecule has 0 fully saturated rings. The molecule has 0 atom stereocenters. The first-order valence-corrected chi connectivity index (χ1v) is 4.06. The molecule has 5 heteroatoms. The van der Waals surface area contributed by atoms with E-state index in [1.807, 2.05) is 0 Å². The number of rotatable bonds is 0. The molecule has 0 aliphatic heterocycles. The Morgan fingerprint density at radius 2 is 2.23 bits per heavy atom. The SMILES string of the molecule is Cc1cnc(Cl)c2nc[nH]c(=O)c12. The van der Waals surface area contributed by atoms with Crippen molar-refractivity contribution in [2.75, 3.05) is 0 Å². The van der Waals surface area contributed by atoms with Crippen LogP contribution in [0.25, 0.3) is 10.9 Å². The molecule has 13 heavy (non-hydrogen) atoms. The van der Waals surface area contributed by atoms with Crippen molar-refractivity contribution in [3.63, 3.8) is 0 Å². The van der Waals surface area contributed by atoms with Crippen LogP contribution >= 0.6 is 11.6 Å². The zero-order chi connectivity index (χ0) is 9.42. The van der Waals surface area contributed by atoms with Gasteiger partial charge in [-0.15, -0.1) is 0 Å². The Bertz CT molecular complexity index is 520. The van der Waals surface area contributed by atoms with Gasteiger partial charge in [-0.1, -0.05) is 11.6 Å². The standard InChI is InChI=1S/C8H6ClN3O/c1-4-2-10-7(9)6-5(4)8(13)12-3-11-6/h2-3H,1H3,(H,11,12,13). The number of nitrogens with zero attached hydrogens (tertiary/aromatic N) is 2. The van der Waals surface area contributed by atoms with Crippen LogP contribution in [0.1, 0.15) is 5.56 Å². The zero-order valence-corrected chi connectivity index (χ0v) is 7.59. The van der Waals surface area contributed by atoms with E-state index in [2.05, 4.69) is 15.0 Å². The number of pyridine rings is 1. The minimum Gasteiger partial charge on any atom is -0.313 e. The number of H-pyrrole nitrogens is 1. The molecule has 0 bridgehead atoms. The molecule has 66 valence electrons. The predicted octanol–water partition coefficient (Wildman–Crippen LogP) is 1.28. The lowest BCUT2D eigenvalue weighted by molar-refractivity contribution is 1.15. The maximum atomic E-state index is 11.4. The van der Waals surface area contributed by atoms with Crippen molar-refractivity contribution in [2.24, 2.45) is 0 Å². The van der Waals surface area contributed by atoms with Gasteiger partial charge in [0.1, 0.15) is 5.52 Å². The number of aromatic nitrogens is 3. The molecule has 2 heterocycles. The Morgan fingerprint density at radius 3 is 2.92 bits per heavy atom. The molecule has 0 spiro atoms. The third kappa shape index (κ3) is 1.19.